The highest BCUT2D eigenvalue weighted by molar-refractivity contribution is 14.0. The molecule has 2 aromatic rings. The van der Waals surface area contributed by atoms with Crippen molar-refractivity contribution < 1.29 is 14.3 Å². The zero-order valence-corrected chi connectivity index (χ0v) is 20.4. The SMILES string of the molecule is CN=C(NCc1ccc2c(c1)OCO2)N1CCN(C(=O)Cc2cccc(Cl)c2)CC1.I. The third-order valence-corrected chi connectivity index (χ3v) is 5.51. The molecule has 9 heteroatoms. The maximum absolute atomic E-state index is 12.6. The summed E-state index contributed by atoms with van der Waals surface area (Å²) in [5.41, 5.74) is 2.03. The molecule has 2 aliphatic heterocycles. The molecular formula is C22H26ClIN4O3. The van der Waals surface area contributed by atoms with Gasteiger partial charge >= 0.3 is 0 Å². The predicted molar refractivity (Wildman–Crippen MR) is 131 cm³/mol. The lowest BCUT2D eigenvalue weighted by Gasteiger charge is -2.36. The van der Waals surface area contributed by atoms with E-state index in [2.05, 4.69) is 15.2 Å². The lowest BCUT2D eigenvalue weighted by atomic mass is 10.1. The van der Waals surface area contributed by atoms with E-state index >= 15 is 0 Å². The van der Waals surface area contributed by atoms with E-state index in [1.54, 1.807) is 7.05 Å². The average Bonchev–Trinajstić information content (AvgIpc) is 3.22. The number of carbonyl (C=O) groups is 1. The summed E-state index contributed by atoms with van der Waals surface area (Å²) in [6.45, 7) is 3.73. The molecule has 0 saturated carbocycles. The number of fused-ring (bicyclic) bond motifs is 1. The van der Waals surface area contributed by atoms with Gasteiger partial charge in [0.1, 0.15) is 0 Å². The Bertz CT molecular complexity index is 948. The summed E-state index contributed by atoms with van der Waals surface area (Å²) < 4.78 is 10.8. The van der Waals surface area contributed by atoms with Gasteiger partial charge in [-0.3, -0.25) is 9.79 Å². The first kappa shape index (κ1) is 23.5. The Kier molecular flexibility index (Phi) is 8.25. The van der Waals surface area contributed by atoms with Crippen LogP contribution < -0.4 is 14.8 Å². The van der Waals surface area contributed by atoms with Gasteiger partial charge in [-0.2, -0.15) is 0 Å². The molecule has 0 spiro atoms. The number of rotatable bonds is 4. The first-order chi connectivity index (χ1) is 14.6. The largest absolute Gasteiger partial charge is 0.454 e. The normalized spacial score (nSPS) is 15.5. The van der Waals surface area contributed by atoms with E-state index in [4.69, 9.17) is 21.1 Å². The van der Waals surface area contributed by atoms with Crippen LogP contribution in [0.1, 0.15) is 11.1 Å². The van der Waals surface area contributed by atoms with Crippen molar-refractivity contribution in [2.24, 2.45) is 4.99 Å². The molecule has 0 atom stereocenters. The van der Waals surface area contributed by atoms with Crippen molar-refractivity contribution in [2.75, 3.05) is 40.0 Å². The van der Waals surface area contributed by atoms with Crippen LogP contribution in [0.25, 0.3) is 0 Å². The Balaban J connectivity index is 0.00000272. The van der Waals surface area contributed by atoms with Crippen LogP contribution in [0.4, 0.5) is 0 Å². The molecule has 31 heavy (non-hydrogen) atoms. The van der Waals surface area contributed by atoms with Gasteiger partial charge in [0, 0.05) is 44.8 Å². The highest BCUT2D eigenvalue weighted by atomic mass is 127. The lowest BCUT2D eigenvalue weighted by Crippen LogP contribution is -2.53. The van der Waals surface area contributed by atoms with Crippen molar-refractivity contribution >= 4 is 47.4 Å². The number of nitrogens with one attached hydrogen (secondary N) is 1. The minimum atomic E-state index is 0. The molecule has 2 aromatic carbocycles. The van der Waals surface area contributed by atoms with E-state index in [1.807, 2.05) is 47.4 Å². The molecule has 1 amide bonds. The third kappa shape index (κ3) is 5.94. The van der Waals surface area contributed by atoms with Gasteiger partial charge in [-0.25, -0.2) is 0 Å². The van der Waals surface area contributed by atoms with Crippen molar-refractivity contribution in [3.05, 3.63) is 58.6 Å². The molecule has 1 saturated heterocycles. The highest BCUT2D eigenvalue weighted by Gasteiger charge is 2.23. The van der Waals surface area contributed by atoms with Crippen molar-refractivity contribution in [3.63, 3.8) is 0 Å². The van der Waals surface area contributed by atoms with Crippen molar-refractivity contribution in [2.45, 2.75) is 13.0 Å². The molecule has 2 aliphatic rings. The number of benzene rings is 2. The zero-order valence-electron chi connectivity index (χ0n) is 17.3. The van der Waals surface area contributed by atoms with Crippen LogP contribution in [0.5, 0.6) is 11.5 Å². The van der Waals surface area contributed by atoms with E-state index in [0.29, 0.717) is 31.1 Å². The fourth-order valence-electron chi connectivity index (χ4n) is 3.67. The number of piperazine rings is 1. The van der Waals surface area contributed by atoms with Crippen molar-refractivity contribution in [3.8, 4) is 11.5 Å². The zero-order chi connectivity index (χ0) is 20.9. The van der Waals surface area contributed by atoms with Crippen LogP contribution in [0.3, 0.4) is 0 Å². The Hall–Kier alpha value is -2.20. The molecule has 2 heterocycles. The Labute approximate surface area is 204 Å². The number of nitrogens with zero attached hydrogens (tertiary/aromatic N) is 3. The van der Waals surface area contributed by atoms with Crippen LogP contribution >= 0.6 is 35.6 Å². The number of aliphatic imine (C=N–C) groups is 1. The lowest BCUT2D eigenvalue weighted by molar-refractivity contribution is -0.131. The summed E-state index contributed by atoms with van der Waals surface area (Å²) in [7, 11) is 1.78. The van der Waals surface area contributed by atoms with Gasteiger partial charge < -0.3 is 24.6 Å². The van der Waals surface area contributed by atoms with Crippen LogP contribution in [0.2, 0.25) is 5.02 Å². The topological polar surface area (TPSA) is 66.4 Å². The van der Waals surface area contributed by atoms with Crippen molar-refractivity contribution in [1.82, 2.24) is 15.1 Å². The summed E-state index contributed by atoms with van der Waals surface area (Å²) in [4.78, 5) is 21.1. The number of halogens is 2. The molecule has 0 aromatic heterocycles. The second-order valence-electron chi connectivity index (χ2n) is 7.26. The molecule has 0 aliphatic carbocycles. The van der Waals surface area contributed by atoms with Gasteiger partial charge in [0.05, 0.1) is 6.42 Å². The smallest absolute Gasteiger partial charge is 0.231 e. The Morgan fingerprint density at radius 2 is 1.77 bits per heavy atom. The van der Waals surface area contributed by atoms with E-state index in [1.165, 1.54) is 0 Å². The fraction of sp³-hybridized carbons (Fsp3) is 0.364. The number of amides is 1. The molecular weight excluding hydrogens is 531 g/mol. The van der Waals surface area contributed by atoms with Crippen molar-refractivity contribution in [1.29, 1.82) is 0 Å². The van der Waals surface area contributed by atoms with Gasteiger partial charge in [-0.05, 0) is 35.4 Å². The Morgan fingerprint density at radius 3 is 2.52 bits per heavy atom. The van der Waals surface area contributed by atoms with Crippen LogP contribution in [0, 0.1) is 0 Å². The monoisotopic (exact) mass is 556 g/mol. The molecule has 166 valence electrons. The molecule has 7 nitrogen and oxygen atoms in total. The first-order valence-electron chi connectivity index (χ1n) is 9.99. The van der Waals surface area contributed by atoms with E-state index in [0.717, 1.165) is 41.7 Å². The summed E-state index contributed by atoms with van der Waals surface area (Å²) in [5.74, 6) is 2.51. The number of guanidine groups is 1. The predicted octanol–water partition coefficient (Wildman–Crippen LogP) is 3.15. The van der Waals surface area contributed by atoms with E-state index < -0.39 is 0 Å². The van der Waals surface area contributed by atoms with E-state index in [-0.39, 0.29) is 36.7 Å². The third-order valence-electron chi connectivity index (χ3n) is 5.28. The summed E-state index contributed by atoms with van der Waals surface area (Å²) in [6, 6.07) is 13.4. The van der Waals surface area contributed by atoms with E-state index in [9.17, 15) is 4.79 Å². The van der Waals surface area contributed by atoms with Gasteiger partial charge in [-0.15, -0.1) is 24.0 Å². The number of carbonyl (C=O) groups excluding carboxylic acids is 1. The second-order valence-corrected chi connectivity index (χ2v) is 7.70. The Morgan fingerprint density at radius 1 is 1.03 bits per heavy atom. The summed E-state index contributed by atoms with van der Waals surface area (Å²) in [5, 5.41) is 4.05. The highest BCUT2D eigenvalue weighted by Crippen LogP contribution is 2.32. The first-order valence-corrected chi connectivity index (χ1v) is 10.4. The molecule has 4 rings (SSSR count). The van der Waals surface area contributed by atoms with Crippen LogP contribution in [-0.2, 0) is 17.8 Å². The number of hydrogen-bond acceptors (Lipinski definition) is 4. The average molecular weight is 557 g/mol. The quantitative estimate of drug-likeness (QED) is 0.356. The van der Waals surface area contributed by atoms with Gasteiger partial charge in [0.25, 0.3) is 0 Å². The molecule has 1 N–H and O–H groups in total. The van der Waals surface area contributed by atoms with Crippen LogP contribution in [0.15, 0.2) is 47.5 Å². The summed E-state index contributed by atoms with van der Waals surface area (Å²) in [6.07, 6.45) is 0.373. The second kappa shape index (κ2) is 10.9. The maximum Gasteiger partial charge on any atom is 0.231 e. The molecule has 0 radical (unpaired) electrons. The fourth-order valence-corrected chi connectivity index (χ4v) is 3.88. The molecule has 1 fully saturated rings. The minimum Gasteiger partial charge on any atom is -0.454 e. The standard InChI is InChI=1S/C22H25ClN4O3.HI/c1-24-22(25-14-17-5-6-19-20(12-17)30-15-29-19)27-9-7-26(8-10-27)21(28)13-16-3-2-4-18(23)11-16;/h2-6,11-12H,7-10,13-15H2,1H3,(H,24,25);1H. The summed E-state index contributed by atoms with van der Waals surface area (Å²) >= 11 is 6.02. The molecule has 0 bridgehead atoms. The van der Waals surface area contributed by atoms with Crippen LogP contribution in [-0.4, -0.2) is 61.7 Å². The van der Waals surface area contributed by atoms with Gasteiger partial charge in [0.15, 0.2) is 17.5 Å². The molecule has 0 unspecified atom stereocenters. The number of ether oxygens (including phenoxy) is 2. The maximum atomic E-state index is 12.6. The minimum absolute atomic E-state index is 0. The van der Waals surface area contributed by atoms with Gasteiger partial charge in [0.2, 0.25) is 12.7 Å². The van der Waals surface area contributed by atoms with Gasteiger partial charge in [-0.1, -0.05) is 29.8 Å². The number of hydrogen-bond donors (Lipinski definition) is 1.